The molecule has 0 amide bonds. The highest BCUT2D eigenvalue weighted by Gasteiger charge is 2.06. The molecule has 2 rings (SSSR count). The third-order valence-electron chi connectivity index (χ3n) is 2.10. The Morgan fingerprint density at radius 1 is 0.714 bits per heavy atom. The summed E-state index contributed by atoms with van der Waals surface area (Å²) >= 11 is 0. The number of hydrogen-bond acceptors (Lipinski definition) is 2. The Labute approximate surface area is 82.1 Å². The Hall–Kier alpha value is -1.96. The summed E-state index contributed by atoms with van der Waals surface area (Å²) in [4.78, 5) is 0. The fourth-order valence-corrected chi connectivity index (χ4v) is 1.38. The van der Waals surface area contributed by atoms with E-state index in [0.717, 1.165) is 5.56 Å². The Morgan fingerprint density at radius 2 is 1.43 bits per heavy atom. The summed E-state index contributed by atoms with van der Waals surface area (Å²) in [6.45, 7) is 0. The summed E-state index contributed by atoms with van der Waals surface area (Å²) in [5, 5.41) is 18.9. The lowest BCUT2D eigenvalue weighted by Crippen LogP contribution is -1.78. The van der Waals surface area contributed by atoms with E-state index in [1.54, 1.807) is 12.1 Å². The second kappa shape index (κ2) is 3.42. The maximum absolute atomic E-state index is 9.60. The SMILES string of the molecule is Oc1cccc(-c2ccccc2)c1O. The fraction of sp³-hybridized carbons (Fsp3) is 0. The topological polar surface area (TPSA) is 40.5 Å². The highest BCUT2D eigenvalue weighted by Crippen LogP contribution is 2.35. The van der Waals surface area contributed by atoms with E-state index in [9.17, 15) is 10.2 Å². The minimum absolute atomic E-state index is 0.0706. The molecule has 70 valence electrons. The van der Waals surface area contributed by atoms with E-state index in [1.807, 2.05) is 30.3 Å². The van der Waals surface area contributed by atoms with E-state index in [2.05, 4.69) is 0 Å². The molecule has 2 aromatic carbocycles. The van der Waals surface area contributed by atoms with Crippen molar-refractivity contribution in [3.8, 4) is 22.6 Å². The van der Waals surface area contributed by atoms with Gasteiger partial charge in [0.15, 0.2) is 11.5 Å². The molecule has 0 aliphatic rings. The molecule has 0 unspecified atom stereocenters. The lowest BCUT2D eigenvalue weighted by molar-refractivity contribution is 0.405. The van der Waals surface area contributed by atoms with Gasteiger partial charge in [0, 0.05) is 5.56 Å². The van der Waals surface area contributed by atoms with Gasteiger partial charge in [0.2, 0.25) is 0 Å². The van der Waals surface area contributed by atoms with Gasteiger partial charge in [-0.25, -0.2) is 0 Å². The van der Waals surface area contributed by atoms with Crippen LogP contribution in [0.1, 0.15) is 0 Å². The zero-order chi connectivity index (χ0) is 9.97. The number of hydrogen-bond donors (Lipinski definition) is 2. The van der Waals surface area contributed by atoms with Crippen LogP contribution >= 0.6 is 0 Å². The van der Waals surface area contributed by atoms with Crippen molar-refractivity contribution in [2.24, 2.45) is 0 Å². The number of aromatic hydroxyl groups is 2. The molecule has 2 N–H and O–H groups in total. The van der Waals surface area contributed by atoms with Crippen molar-refractivity contribution in [1.82, 2.24) is 0 Å². The molecular formula is C12H10O2. The molecule has 0 saturated carbocycles. The highest BCUT2D eigenvalue weighted by molar-refractivity contribution is 5.72. The lowest BCUT2D eigenvalue weighted by atomic mass is 10.0. The van der Waals surface area contributed by atoms with Crippen LogP contribution in [0.5, 0.6) is 11.5 Å². The Kier molecular flexibility index (Phi) is 2.11. The first-order valence-electron chi connectivity index (χ1n) is 4.35. The molecular weight excluding hydrogens is 176 g/mol. The number of para-hydroxylation sites is 1. The molecule has 14 heavy (non-hydrogen) atoms. The molecule has 2 nitrogen and oxygen atoms in total. The smallest absolute Gasteiger partial charge is 0.165 e. The molecule has 0 aromatic heterocycles. The van der Waals surface area contributed by atoms with Crippen LogP contribution in [0.25, 0.3) is 11.1 Å². The Morgan fingerprint density at radius 3 is 2.14 bits per heavy atom. The monoisotopic (exact) mass is 186 g/mol. The van der Waals surface area contributed by atoms with Gasteiger partial charge in [0.1, 0.15) is 0 Å². The highest BCUT2D eigenvalue weighted by atomic mass is 16.3. The average Bonchev–Trinajstić information content (AvgIpc) is 2.23. The van der Waals surface area contributed by atoms with Gasteiger partial charge in [0.05, 0.1) is 0 Å². The summed E-state index contributed by atoms with van der Waals surface area (Å²) in [5.74, 6) is -0.162. The fourth-order valence-electron chi connectivity index (χ4n) is 1.38. The normalized spacial score (nSPS) is 10.0. The lowest BCUT2D eigenvalue weighted by Gasteiger charge is -2.05. The molecule has 0 fully saturated rings. The van der Waals surface area contributed by atoms with Crippen LogP contribution in [0.2, 0.25) is 0 Å². The summed E-state index contributed by atoms with van der Waals surface area (Å²) in [6.07, 6.45) is 0. The van der Waals surface area contributed by atoms with E-state index < -0.39 is 0 Å². The van der Waals surface area contributed by atoms with Gasteiger partial charge in [-0.05, 0) is 11.6 Å². The number of phenolic OH excluding ortho intramolecular Hbond substituents is 2. The van der Waals surface area contributed by atoms with Gasteiger partial charge >= 0.3 is 0 Å². The maximum atomic E-state index is 9.60. The first kappa shape index (κ1) is 8.63. The van der Waals surface area contributed by atoms with Crippen LogP contribution in [0.15, 0.2) is 48.5 Å². The van der Waals surface area contributed by atoms with E-state index in [0.29, 0.717) is 5.56 Å². The van der Waals surface area contributed by atoms with Crippen LogP contribution in [-0.4, -0.2) is 10.2 Å². The second-order valence-corrected chi connectivity index (χ2v) is 3.04. The third kappa shape index (κ3) is 1.42. The van der Waals surface area contributed by atoms with Crippen molar-refractivity contribution in [3.05, 3.63) is 48.5 Å². The Bertz CT molecular complexity index is 435. The summed E-state index contributed by atoms with van der Waals surface area (Å²) in [6, 6.07) is 14.4. The van der Waals surface area contributed by atoms with E-state index in [4.69, 9.17) is 0 Å². The molecule has 0 radical (unpaired) electrons. The van der Waals surface area contributed by atoms with Crippen molar-refractivity contribution in [1.29, 1.82) is 0 Å². The minimum Gasteiger partial charge on any atom is -0.504 e. The van der Waals surface area contributed by atoms with E-state index in [-0.39, 0.29) is 11.5 Å². The predicted octanol–water partition coefficient (Wildman–Crippen LogP) is 2.76. The summed E-state index contributed by atoms with van der Waals surface area (Å²) in [5.41, 5.74) is 1.53. The summed E-state index contributed by atoms with van der Waals surface area (Å²) < 4.78 is 0. The molecule has 0 heterocycles. The van der Waals surface area contributed by atoms with Crippen LogP contribution in [-0.2, 0) is 0 Å². The van der Waals surface area contributed by atoms with Crippen molar-refractivity contribution >= 4 is 0 Å². The molecule has 0 aliphatic carbocycles. The number of benzene rings is 2. The molecule has 2 heteroatoms. The van der Waals surface area contributed by atoms with Crippen LogP contribution in [0.3, 0.4) is 0 Å². The second-order valence-electron chi connectivity index (χ2n) is 3.04. The molecule has 2 aromatic rings. The molecule has 0 atom stereocenters. The average molecular weight is 186 g/mol. The van der Waals surface area contributed by atoms with Crippen LogP contribution < -0.4 is 0 Å². The van der Waals surface area contributed by atoms with Gasteiger partial charge < -0.3 is 10.2 Å². The van der Waals surface area contributed by atoms with E-state index >= 15 is 0 Å². The molecule has 0 saturated heterocycles. The standard InChI is InChI=1S/C12H10O2/c13-11-8-4-7-10(12(11)14)9-5-2-1-3-6-9/h1-8,13-14H. The van der Waals surface area contributed by atoms with Gasteiger partial charge in [-0.1, -0.05) is 42.5 Å². The predicted molar refractivity (Wildman–Crippen MR) is 55.2 cm³/mol. The summed E-state index contributed by atoms with van der Waals surface area (Å²) in [7, 11) is 0. The maximum Gasteiger partial charge on any atom is 0.165 e. The van der Waals surface area contributed by atoms with Gasteiger partial charge in [0.25, 0.3) is 0 Å². The van der Waals surface area contributed by atoms with Crippen molar-refractivity contribution in [2.45, 2.75) is 0 Å². The van der Waals surface area contributed by atoms with E-state index in [1.165, 1.54) is 6.07 Å². The minimum atomic E-state index is -0.0913. The molecule has 0 bridgehead atoms. The number of phenols is 2. The first-order chi connectivity index (χ1) is 6.79. The van der Waals surface area contributed by atoms with Crippen molar-refractivity contribution in [3.63, 3.8) is 0 Å². The zero-order valence-corrected chi connectivity index (χ0v) is 7.51. The third-order valence-corrected chi connectivity index (χ3v) is 2.10. The van der Waals surface area contributed by atoms with Gasteiger partial charge in [-0.3, -0.25) is 0 Å². The van der Waals surface area contributed by atoms with Crippen LogP contribution in [0.4, 0.5) is 0 Å². The van der Waals surface area contributed by atoms with Gasteiger partial charge in [-0.15, -0.1) is 0 Å². The van der Waals surface area contributed by atoms with Crippen molar-refractivity contribution < 1.29 is 10.2 Å². The first-order valence-corrected chi connectivity index (χ1v) is 4.35. The van der Waals surface area contributed by atoms with Crippen molar-refractivity contribution in [2.75, 3.05) is 0 Å². The molecule has 0 spiro atoms. The molecule has 0 aliphatic heterocycles. The largest absolute Gasteiger partial charge is 0.504 e. The zero-order valence-electron chi connectivity index (χ0n) is 7.51. The van der Waals surface area contributed by atoms with Crippen LogP contribution in [0, 0.1) is 0 Å². The quantitative estimate of drug-likeness (QED) is 0.672. The Balaban J connectivity index is 2.58. The number of rotatable bonds is 1. The van der Waals surface area contributed by atoms with Gasteiger partial charge in [-0.2, -0.15) is 0 Å².